The van der Waals surface area contributed by atoms with Gasteiger partial charge in [-0.3, -0.25) is 9.59 Å². The number of carboxylic acid groups (broad SMARTS) is 1. The number of amides is 1. The van der Waals surface area contributed by atoms with Gasteiger partial charge in [-0.1, -0.05) is 0 Å². The topological polar surface area (TPSA) is 102 Å². The van der Waals surface area contributed by atoms with Gasteiger partial charge >= 0.3 is 5.97 Å². The number of aromatic nitrogens is 1. The molecule has 2 N–H and O–H groups in total. The molecule has 0 aliphatic heterocycles. The van der Waals surface area contributed by atoms with E-state index in [2.05, 4.69) is 10.5 Å². The summed E-state index contributed by atoms with van der Waals surface area (Å²) in [6.45, 7) is 2.20. The summed E-state index contributed by atoms with van der Waals surface area (Å²) in [6.07, 6.45) is 3.04. The van der Waals surface area contributed by atoms with Crippen molar-refractivity contribution in [2.24, 2.45) is 11.8 Å². The molecule has 0 radical (unpaired) electrons. The van der Waals surface area contributed by atoms with Gasteiger partial charge in [0.15, 0.2) is 6.61 Å². The van der Waals surface area contributed by atoms with Gasteiger partial charge in [0, 0.05) is 12.6 Å². The summed E-state index contributed by atoms with van der Waals surface area (Å²) < 4.78 is 10.0. The van der Waals surface area contributed by atoms with Gasteiger partial charge in [-0.25, -0.2) is 0 Å². The number of carbonyl (C=O) groups excluding carboxylic acids is 1. The maximum absolute atomic E-state index is 11.6. The number of aryl methyl sites for hydroxylation is 1. The highest BCUT2D eigenvalue weighted by molar-refractivity contribution is 5.77. The van der Waals surface area contributed by atoms with Gasteiger partial charge in [0.05, 0.1) is 5.92 Å². The number of hydrogen-bond acceptors (Lipinski definition) is 5. The van der Waals surface area contributed by atoms with E-state index < -0.39 is 5.97 Å². The van der Waals surface area contributed by atoms with E-state index in [-0.39, 0.29) is 18.4 Å². The number of aliphatic carboxylic acids is 1. The summed E-state index contributed by atoms with van der Waals surface area (Å²) >= 11 is 0. The molecule has 0 spiro atoms. The normalized spacial score (nSPS) is 21.8. The first kappa shape index (κ1) is 15.3. The zero-order valence-electron chi connectivity index (χ0n) is 12.0. The van der Waals surface area contributed by atoms with Crippen LogP contribution in [0.3, 0.4) is 0 Å². The Hall–Kier alpha value is -2.05. The first-order valence-corrected chi connectivity index (χ1v) is 7.10. The van der Waals surface area contributed by atoms with Crippen LogP contribution in [0.2, 0.25) is 0 Å². The molecule has 1 aliphatic carbocycles. The van der Waals surface area contributed by atoms with Crippen LogP contribution in [0, 0.1) is 18.8 Å². The molecular formula is C14H20N2O5. The summed E-state index contributed by atoms with van der Waals surface area (Å²) in [5.41, 5.74) is 0. The molecule has 0 aromatic carbocycles. The fourth-order valence-electron chi connectivity index (χ4n) is 2.47. The van der Waals surface area contributed by atoms with Crippen molar-refractivity contribution < 1.29 is 24.0 Å². The van der Waals surface area contributed by atoms with E-state index in [1.807, 2.05) is 0 Å². The average molecular weight is 296 g/mol. The molecule has 0 bridgehead atoms. The molecular weight excluding hydrogens is 276 g/mol. The van der Waals surface area contributed by atoms with Crippen molar-refractivity contribution in [3.63, 3.8) is 0 Å². The second-order valence-electron chi connectivity index (χ2n) is 5.42. The predicted octanol–water partition coefficient (Wildman–Crippen LogP) is 1.37. The Morgan fingerprint density at radius 1 is 1.43 bits per heavy atom. The lowest BCUT2D eigenvalue weighted by Crippen LogP contribution is -2.35. The first-order valence-electron chi connectivity index (χ1n) is 7.10. The third-order valence-corrected chi connectivity index (χ3v) is 3.74. The third-order valence-electron chi connectivity index (χ3n) is 3.74. The molecule has 21 heavy (non-hydrogen) atoms. The van der Waals surface area contributed by atoms with Crippen LogP contribution in [0.5, 0.6) is 5.88 Å². The van der Waals surface area contributed by atoms with E-state index in [4.69, 9.17) is 14.4 Å². The lowest BCUT2D eigenvalue weighted by Gasteiger charge is -2.26. The summed E-state index contributed by atoms with van der Waals surface area (Å²) in [4.78, 5) is 22.5. The van der Waals surface area contributed by atoms with Gasteiger partial charge in [0.25, 0.3) is 11.8 Å². The van der Waals surface area contributed by atoms with Crippen LogP contribution in [-0.2, 0) is 9.59 Å². The number of carboxylic acids is 1. The first-order chi connectivity index (χ1) is 10.0. The van der Waals surface area contributed by atoms with Crippen LogP contribution in [0.25, 0.3) is 0 Å². The summed E-state index contributed by atoms with van der Waals surface area (Å²) in [5.74, 6) is 0.115. The molecule has 0 saturated heterocycles. The minimum Gasteiger partial charge on any atom is -0.481 e. The Morgan fingerprint density at radius 3 is 2.71 bits per heavy atom. The van der Waals surface area contributed by atoms with Gasteiger partial charge in [-0.2, -0.15) is 0 Å². The molecule has 2 rings (SSSR count). The fourth-order valence-corrected chi connectivity index (χ4v) is 2.47. The third kappa shape index (κ3) is 4.77. The molecule has 1 heterocycles. The highest BCUT2D eigenvalue weighted by Gasteiger charge is 2.25. The number of hydrogen-bond donors (Lipinski definition) is 2. The van der Waals surface area contributed by atoms with E-state index in [9.17, 15) is 9.59 Å². The van der Waals surface area contributed by atoms with Crippen molar-refractivity contribution in [2.45, 2.75) is 32.6 Å². The largest absolute Gasteiger partial charge is 0.481 e. The molecule has 1 amide bonds. The van der Waals surface area contributed by atoms with Gasteiger partial charge in [-0.05, 0) is 43.7 Å². The molecule has 1 saturated carbocycles. The highest BCUT2D eigenvalue weighted by atomic mass is 16.5. The van der Waals surface area contributed by atoms with Crippen molar-refractivity contribution in [2.75, 3.05) is 13.2 Å². The lowest BCUT2D eigenvalue weighted by atomic mass is 9.82. The number of ether oxygens (including phenoxy) is 1. The van der Waals surface area contributed by atoms with Crippen LogP contribution in [0.15, 0.2) is 10.6 Å². The van der Waals surface area contributed by atoms with E-state index in [0.717, 1.165) is 12.8 Å². The van der Waals surface area contributed by atoms with E-state index in [0.29, 0.717) is 36.9 Å². The molecule has 116 valence electrons. The van der Waals surface area contributed by atoms with E-state index >= 15 is 0 Å². The lowest BCUT2D eigenvalue weighted by molar-refractivity contribution is -0.143. The molecule has 1 aromatic rings. The smallest absolute Gasteiger partial charge is 0.306 e. The minimum absolute atomic E-state index is 0.101. The number of nitrogens with zero attached hydrogens (tertiary/aromatic N) is 1. The Labute approximate surface area is 122 Å². The second kappa shape index (κ2) is 7.10. The van der Waals surface area contributed by atoms with E-state index in [1.54, 1.807) is 13.0 Å². The molecule has 7 nitrogen and oxygen atoms in total. The number of rotatable bonds is 6. The Morgan fingerprint density at radius 2 is 2.14 bits per heavy atom. The molecule has 0 unspecified atom stereocenters. The zero-order chi connectivity index (χ0) is 15.2. The number of nitrogens with one attached hydrogen (secondary N) is 1. The monoisotopic (exact) mass is 296 g/mol. The SMILES string of the molecule is Cc1cc(OCC(=O)NCC2CCC(C(=O)O)CC2)no1. The predicted molar refractivity (Wildman–Crippen MR) is 72.8 cm³/mol. The molecule has 1 aromatic heterocycles. The maximum atomic E-state index is 11.6. The average Bonchev–Trinajstić information content (AvgIpc) is 2.89. The Balaban J connectivity index is 1.62. The maximum Gasteiger partial charge on any atom is 0.306 e. The number of carbonyl (C=O) groups is 2. The van der Waals surface area contributed by atoms with Crippen molar-refractivity contribution >= 4 is 11.9 Å². The van der Waals surface area contributed by atoms with E-state index in [1.165, 1.54) is 0 Å². The summed E-state index contributed by atoms with van der Waals surface area (Å²) in [6, 6.07) is 1.61. The fraction of sp³-hybridized carbons (Fsp3) is 0.643. The standard InChI is InChI=1S/C14H20N2O5/c1-9-6-13(16-21-9)20-8-12(17)15-7-10-2-4-11(5-3-10)14(18)19/h6,10-11H,2-5,7-8H2,1H3,(H,15,17)(H,18,19). The van der Waals surface area contributed by atoms with Crippen molar-refractivity contribution in [3.8, 4) is 5.88 Å². The van der Waals surface area contributed by atoms with Crippen LogP contribution in [0.1, 0.15) is 31.4 Å². The Kier molecular flexibility index (Phi) is 5.19. The molecule has 7 heteroatoms. The van der Waals surface area contributed by atoms with Gasteiger partial charge < -0.3 is 19.7 Å². The second-order valence-corrected chi connectivity index (χ2v) is 5.42. The summed E-state index contributed by atoms with van der Waals surface area (Å²) in [7, 11) is 0. The highest BCUT2D eigenvalue weighted by Crippen LogP contribution is 2.28. The van der Waals surface area contributed by atoms with Crippen molar-refractivity contribution in [1.82, 2.24) is 10.5 Å². The van der Waals surface area contributed by atoms with Crippen LogP contribution < -0.4 is 10.1 Å². The quantitative estimate of drug-likeness (QED) is 0.822. The van der Waals surface area contributed by atoms with Gasteiger partial charge in [0.2, 0.25) is 0 Å². The van der Waals surface area contributed by atoms with Crippen LogP contribution in [-0.4, -0.2) is 35.3 Å². The Bertz CT molecular complexity index is 491. The van der Waals surface area contributed by atoms with Crippen LogP contribution in [0.4, 0.5) is 0 Å². The van der Waals surface area contributed by atoms with Crippen molar-refractivity contribution in [1.29, 1.82) is 0 Å². The molecule has 1 aliphatic rings. The van der Waals surface area contributed by atoms with Gasteiger partial charge in [0.1, 0.15) is 5.76 Å². The zero-order valence-corrected chi connectivity index (χ0v) is 12.0. The minimum atomic E-state index is -0.714. The van der Waals surface area contributed by atoms with Crippen molar-refractivity contribution in [3.05, 3.63) is 11.8 Å². The van der Waals surface area contributed by atoms with Gasteiger partial charge in [-0.15, -0.1) is 0 Å². The summed E-state index contributed by atoms with van der Waals surface area (Å²) in [5, 5.41) is 15.4. The molecule has 0 atom stereocenters. The molecule has 1 fully saturated rings. The van der Waals surface area contributed by atoms with Crippen LogP contribution >= 0.6 is 0 Å².